The first-order valence-corrected chi connectivity index (χ1v) is 8.37. The standard InChI is InChI=1S/C12H29NOSi/c1-10(2)15(11(3)4,12(5)6)14-9-7-8-13/h10-12H,7-9,13H2,1-6H3. The Morgan fingerprint density at radius 3 is 1.60 bits per heavy atom. The van der Waals surface area contributed by atoms with Gasteiger partial charge in [0, 0.05) is 6.61 Å². The van der Waals surface area contributed by atoms with Gasteiger partial charge in [0.1, 0.15) is 0 Å². The van der Waals surface area contributed by atoms with E-state index in [0.29, 0.717) is 16.6 Å². The van der Waals surface area contributed by atoms with Crippen LogP contribution in [0.2, 0.25) is 16.6 Å². The van der Waals surface area contributed by atoms with Crippen LogP contribution in [0.3, 0.4) is 0 Å². The smallest absolute Gasteiger partial charge is 0.200 e. The van der Waals surface area contributed by atoms with E-state index in [-0.39, 0.29) is 0 Å². The molecule has 0 heterocycles. The lowest BCUT2D eigenvalue weighted by molar-refractivity contribution is 0.274. The molecule has 0 aromatic heterocycles. The van der Waals surface area contributed by atoms with Gasteiger partial charge in [0.2, 0.25) is 0 Å². The predicted molar refractivity (Wildman–Crippen MR) is 70.7 cm³/mol. The molecule has 0 aliphatic rings. The molecule has 0 saturated carbocycles. The van der Waals surface area contributed by atoms with Crippen LogP contribution in [0.15, 0.2) is 0 Å². The summed E-state index contributed by atoms with van der Waals surface area (Å²) in [7, 11) is -1.62. The monoisotopic (exact) mass is 231 g/mol. The van der Waals surface area contributed by atoms with Gasteiger partial charge < -0.3 is 10.2 Å². The minimum Gasteiger partial charge on any atom is -0.416 e. The molecule has 3 heteroatoms. The van der Waals surface area contributed by atoms with Crippen molar-refractivity contribution in [2.24, 2.45) is 5.73 Å². The highest BCUT2D eigenvalue weighted by Crippen LogP contribution is 2.42. The molecule has 0 saturated heterocycles. The molecule has 0 unspecified atom stereocenters. The molecule has 92 valence electrons. The van der Waals surface area contributed by atoms with E-state index in [2.05, 4.69) is 41.5 Å². The summed E-state index contributed by atoms with van der Waals surface area (Å²) in [6.45, 7) is 15.5. The molecule has 0 bridgehead atoms. The largest absolute Gasteiger partial charge is 0.416 e. The molecule has 2 nitrogen and oxygen atoms in total. The van der Waals surface area contributed by atoms with Gasteiger partial charge in [-0.05, 0) is 29.6 Å². The van der Waals surface area contributed by atoms with Gasteiger partial charge in [-0.25, -0.2) is 0 Å². The summed E-state index contributed by atoms with van der Waals surface area (Å²) in [4.78, 5) is 0. The van der Waals surface area contributed by atoms with Crippen molar-refractivity contribution in [3.05, 3.63) is 0 Å². The van der Waals surface area contributed by atoms with Crippen LogP contribution >= 0.6 is 0 Å². The van der Waals surface area contributed by atoms with Gasteiger partial charge in [0.15, 0.2) is 8.32 Å². The number of nitrogens with two attached hydrogens (primary N) is 1. The van der Waals surface area contributed by atoms with E-state index >= 15 is 0 Å². The van der Waals surface area contributed by atoms with Crippen molar-refractivity contribution in [2.45, 2.75) is 64.6 Å². The molecule has 0 aliphatic heterocycles. The summed E-state index contributed by atoms with van der Waals surface area (Å²) in [5, 5.41) is 0. The molecule has 0 atom stereocenters. The minimum atomic E-state index is -1.62. The lowest BCUT2D eigenvalue weighted by Gasteiger charge is -2.42. The second-order valence-electron chi connectivity index (χ2n) is 5.31. The van der Waals surface area contributed by atoms with Crippen LogP contribution in [0.25, 0.3) is 0 Å². The Balaban J connectivity index is 4.65. The van der Waals surface area contributed by atoms with Crippen LogP contribution in [-0.4, -0.2) is 21.5 Å². The maximum Gasteiger partial charge on any atom is 0.200 e. The molecular formula is C12H29NOSi. The minimum absolute atomic E-state index is 0.676. The SMILES string of the molecule is CC(C)[Si](OCCCN)(C(C)C)C(C)C. The lowest BCUT2D eigenvalue weighted by atomic mass is 10.5. The van der Waals surface area contributed by atoms with Crippen LogP contribution in [0.4, 0.5) is 0 Å². The van der Waals surface area contributed by atoms with Crippen LogP contribution in [-0.2, 0) is 4.43 Å². The van der Waals surface area contributed by atoms with Crippen molar-refractivity contribution < 1.29 is 4.43 Å². The summed E-state index contributed by atoms with van der Waals surface area (Å²) in [5.41, 5.74) is 7.55. The average Bonchev–Trinajstić information content (AvgIpc) is 2.10. The first kappa shape index (κ1) is 15.1. The highest BCUT2D eigenvalue weighted by atomic mass is 28.4. The van der Waals surface area contributed by atoms with Crippen LogP contribution in [0.5, 0.6) is 0 Å². The van der Waals surface area contributed by atoms with Gasteiger partial charge in [0.05, 0.1) is 0 Å². The van der Waals surface area contributed by atoms with E-state index in [0.717, 1.165) is 19.6 Å². The van der Waals surface area contributed by atoms with Crippen molar-refractivity contribution in [1.29, 1.82) is 0 Å². The van der Waals surface area contributed by atoms with E-state index in [1.54, 1.807) is 0 Å². The fourth-order valence-corrected chi connectivity index (χ4v) is 8.33. The summed E-state index contributed by atoms with van der Waals surface area (Å²) in [6.07, 6.45) is 0.987. The summed E-state index contributed by atoms with van der Waals surface area (Å²) < 4.78 is 6.31. The third-order valence-electron chi connectivity index (χ3n) is 3.41. The number of rotatable bonds is 7. The van der Waals surface area contributed by atoms with Gasteiger partial charge in [-0.2, -0.15) is 0 Å². The van der Waals surface area contributed by atoms with Gasteiger partial charge in [0.25, 0.3) is 0 Å². The number of hydrogen-bond donors (Lipinski definition) is 1. The Morgan fingerprint density at radius 1 is 0.933 bits per heavy atom. The normalized spacial score (nSPS) is 13.2. The molecular weight excluding hydrogens is 202 g/mol. The molecule has 0 fully saturated rings. The maximum absolute atomic E-state index is 6.31. The zero-order valence-corrected chi connectivity index (χ0v) is 12.3. The molecule has 0 rings (SSSR count). The van der Waals surface area contributed by atoms with Gasteiger partial charge in [-0.15, -0.1) is 0 Å². The fourth-order valence-electron chi connectivity index (χ4n) is 2.83. The fraction of sp³-hybridized carbons (Fsp3) is 1.00. The Bertz CT molecular complexity index is 147. The van der Waals surface area contributed by atoms with E-state index in [1.165, 1.54) is 0 Å². The lowest BCUT2D eigenvalue weighted by Crippen LogP contribution is -2.48. The van der Waals surface area contributed by atoms with Crippen molar-refractivity contribution >= 4 is 8.32 Å². The van der Waals surface area contributed by atoms with Gasteiger partial charge >= 0.3 is 0 Å². The Morgan fingerprint density at radius 2 is 1.33 bits per heavy atom. The summed E-state index contributed by atoms with van der Waals surface area (Å²) in [5.74, 6) is 0. The van der Waals surface area contributed by atoms with E-state index in [9.17, 15) is 0 Å². The summed E-state index contributed by atoms with van der Waals surface area (Å²) in [6, 6.07) is 0. The quantitative estimate of drug-likeness (QED) is 0.537. The Kier molecular flexibility index (Phi) is 6.72. The molecule has 0 spiro atoms. The first-order chi connectivity index (χ1) is 6.89. The third kappa shape index (κ3) is 3.57. The molecule has 0 aliphatic carbocycles. The molecule has 0 aromatic rings. The van der Waals surface area contributed by atoms with E-state index < -0.39 is 8.32 Å². The van der Waals surface area contributed by atoms with Gasteiger partial charge in [-0.3, -0.25) is 0 Å². The van der Waals surface area contributed by atoms with Crippen molar-refractivity contribution in [2.75, 3.05) is 13.2 Å². The van der Waals surface area contributed by atoms with Crippen molar-refractivity contribution in [1.82, 2.24) is 0 Å². The highest BCUT2D eigenvalue weighted by Gasteiger charge is 2.44. The first-order valence-electron chi connectivity index (χ1n) is 6.23. The van der Waals surface area contributed by atoms with Gasteiger partial charge in [-0.1, -0.05) is 41.5 Å². The topological polar surface area (TPSA) is 35.2 Å². The van der Waals surface area contributed by atoms with E-state index in [1.807, 2.05) is 0 Å². The van der Waals surface area contributed by atoms with E-state index in [4.69, 9.17) is 10.2 Å². The van der Waals surface area contributed by atoms with Crippen LogP contribution < -0.4 is 5.73 Å². The van der Waals surface area contributed by atoms with Crippen LogP contribution in [0.1, 0.15) is 48.0 Å². The summed E-state index contributed by atoms with van der Waals surface area (Å²) >= 11 is 0. The zero-order valence-electron chi connectivity index (χ0n) is 11.3. The second kappa shape index (κ2) is 6.66. The highest BCUT2D eigenvalue weighted by molar-refractivity contribution is 6.77. The predicted octanol–water partition coefficient (Wildman–Crippen LogP) is 3.53. The second-order valence-corrected chi connectivity index (χ2v) is 10.8. The zero-order chi connectivity index (χ0) is 12.1. The Hall–Kier alpha value is 0.137. The molecule has 2 N–H and O–H groups in total. The average molecular weight is 231 g/mol. The number of hydrogen-bond acceptors (Lipinski definition) is 2. The molecule has 15 heavy (non-hydrogen) atoms. The third-order valence-corrected chi connectivity index (χ3v) is 9.53. The molecule has 0 amide bonds. The Labute approximate surface area is 96.7 Å². The molecule has 0 aromatic carbocycles. The maximum atomic E-state index is 6.31. The molecule has 0 radical (unpaired) electrons. The van der Waals surface area contributed by atoms with Crippen LogP contribution in [0, 0.1) is 0 Å². The van der Waals surface area contributed by atoms with Crippen molar-refractivity contribution in [3.63, 3.8) is 0 Å². The van der Waals surface area contributed by atoms with Crippen molar-refractivity contribution in [3.8, 4) is 0 Å².